The summed E-state index contributed by atoms with van der Waals surface area (Å²) >= 11 is 0. The van der Waals surface area contributed by atoms with Crippen LogP contribution in [0.5, 0.6) is 0 Å². The van der Waals surface area contributed by atoms with Gasteiger partial charge in [-0.3, -0.25) is 4.79 Å². The lowest BCUT2D eigenvalue weighted by Crippen LogP contribution is -2.12. The summed E-state index contributed by atoms with van der Waals surface area (Å²) in [5.41, 5.74) is 2.72. The molecule has 1 aromatic carbocycles. The quantitative estimate of drug-likeness (QED) is 0.769. The molecule has 2 heterocycles. The van der Waals surface area contributed by atoms with Gasteiger partial charge in [-0.05, 0) is 43.2 Å². The Morgan fingerprint density at radius 2 is 2.05 bits per heavy atom. The monoisotopic (exact) mass is 266 g/mol. The smallest absolute Gasteiger partial charge is 0.292 e. The highest BCUT2D eigenvalue weighted by Crippen LogP contribution is 2.21. The number of benzene rings is 1. The highest BCUT2D eigenvalue weighted by Gasteiger charge is 2.13. The van der Waals surface area contributed by atoms with Crippen molar-refractivity contribution in [2.24, 2.45) is 0 Å². The minimum atomic E-state index is -0.291. The summed E-state index contributed by atoms with van der Waals surface area (Å²) in [5.74, 6) is 0.547. The van der Waals surface area contributed by atoms with Crippen LogP contribution in [-0.4, -0.2) is 10.9 Å². The van der Waals surface area contributed by atoms with Crippen molar-refractivity contribution >= 4 is 22.7 Å². The highest BCUT2D eigenvalue weighted by molar-refractivity contribution is 6.04. The summed E-state index contributed by atoms with van der Waals surface area (Å²) in [5, 5.41) is 3.67. The molecule has 0 aliphatic heterocycles. The van der Waals surface area contributed by atoms with Gasteiger partial charge in [0.25, 0.3) is 5.91 Å². The molecule has 0 saturated carbocycles. The fraction of sp³-hybridized carbons (Fsp3) is 0.125. The second kappa shape index (κ2) is 4.81. The molecular formula is C16H14N2O2. The predicted molar refractivity (Wildman–Crippen MR) is 77.9 cm³/mol. The molecule has 100 valence electrons. The zero-order chi connectivity index (χ0) is 14.1. The molecule has 20 heavy (non-hydrogen) atoms. The number of aryl methyl sites for hydroxylation is 2. The zero-order valence-electron chi connectivity index (χ0n) is 11.3. The first-order valence-electron chi connectivity index (χ1n) is 6.36. The number of nitrogens with one attached hydrogen (secondary N) is 1. The first kappa shape index (κ1) is 12.4. The second-order valence-corrected chi connectivity index (χ2v) is 4.77. The lowest BCUT2D eigenvalue weighted by molar-refractivity contribution is 0.0998. The highest BCUT2D eigenvalue weighted by atomic mass is 16.3. The average Bonchev–Trinajstić information content (AvgIpc) is 2.84. The fourth-order valence-corrected chi connectivity index (χ4v) is 2.04. The third-order valence-corrected chi connectivity index (χ3v) is 3.14. The van der Waals surface area contributed by atoms with Crippen LogP contribution in [0.3, 0.4) is 0 Å². The van der Waals surface area contributed by atoms with Gasteiger partial charge in [0.15, 0.2) is 5.76 Å². The standard InChI is InChI=1S/C16H14N2O2/c1-10-5-6-12-9-14(20-13(12)8-10)16(19)18-15-11(2)4-3-7-17-15/h3-9H,1-2H3,(H,17,18,19). The number of hydrogen-bond donors (Lipinski definition) is 1. The number of rotatable bonds is 2. The van der Waals surface area contributed by atoms with Crippen LogP contribution in [-0.2, 0) is 0 Å². The maximum absolute atomic E-state index is 12.2. The number of carbonyl (C=O) groups is 1. The lowest BCUT2D eigenvalue weighted by Gasteiger charge is -2.04. The second-order valence-electron chi connectivity index (χ2n) is 4.77. The van der Waals surface area contributed by atoms with Gasteiger partial charge in [-0.25, -0.2) is 4.98 Å². The van der Waals surface area contributed by atoms with Crippen molar-refractivity contribution in [2.45, 2.75) is 13.8 Å². The maximum Gasteiger partial charge on any atom is 0.292 e. The van der Waals surface area contributed by atoms with E-state index in [1.807, 2.05) is 44.2 Å². The molecule has 4 nitrogen and oxygen atoms in total. The number of furan rings is 1. The van der Waals surface area contributed by atoms with Gasteiger partial charge in [0.1, 0.15) is 11.4 Å². The van der Waals surface area contributed by atoms with E-state index in [4.69, 9.17) is 4.42 Å². The Kier molecular flexibility index (Phi) is 2.99. The molecule has 0 radical (unpaired) electrons. The molecule has 3 rings (SSSR count). The molecule has 0 aliphatic rings. The number of amides is 1. The van der Waals surface area contributed by atoms with Crippen molar-refractivity contribution < 1.29 is 9.21 Å². The van der Waals surface area contributed by atoms with Crippen LogP contribution in [0.15, 0.2) is 47.0 Å². The Morgan fingerprint density at radius 3 is 2.85 bits per heavy atom. The van der Waals surface area contributed by atoms with E-state index in [1.54, 1.807) is 12.3 Å². The molecule has 3 aromatic rings. The third kappa shape index (κ3) is 2.28. The number of aromatic nitrogens is 1. The van der Waals surface area contributed by atoms with Gasteiger partial charge in [-0.15, -0.1) is 0 Å². The number of pyridine rings is 1. The number of hydrogen-bond acceptors (Lipinski definition) is 3. The molecule has 0 atom stereocenters. The fourth-order valence-electron chi connectivity index (χ4n) is 2.04. The van der Waals surface area contributed by atoms with E-state index in [-0.39, 0.29) is 11.7 Å². The Bertz CT molecular complexity index is 790. The summed E-state index contributed by atoms with van der Waals surface area (Å²) in [7, 11) is 0. The van der Waals surface area contributed by atoms with Crippen LogP contribution in [0.1, 0.15) is 21.7 Å². The first-order chi connectivity index (χ1) is 9.63. The molecule has 0 fully saturated rings. The van der Waals surface area contributed by atoms with Crippen molar-refractivity contribution in [2.75, 3.05) is 5.32 Å². The molecule has 2 aromatic heterocycles. The van der Waals surface area contributed by atoms with Crippen LogP contribution in [0.4, 0.5) is 5.82 Å². The van der Waals surface area contributed by atoms with E-state index < -0.39 is 0 Å². The Hall–Kier alpha value is -2.62. The summed E-state index contributed by atoms with van der Waals surface area (Å²) in [6, 6.07) is 11.3. The van der Waals surface area contributed by atoms with Crippen LogP contribution >= 0.6 is 0 Å². The summed E-state index contributed by atoms with van der Waals surface area (Å²) in [6.07, 6.45) is 1.64. The van der Waals surface area contributed by atoms with E-state index in [2.05, 4.69) is 10.3 Å². The van der Waals surface area contributed by atoms with Gasteiger partial charge in [0, 0.05) is 11.6 Å². The molecule has 1 N–H and O–H groups in total. The van der Waals surface area contributed by atoms with E-state index in [9.17, 15) is 4.79 Å². The molecule has 0 bridgehead atoms. The molecule has 0 saturated heterocycles. The average molecular weight is 266 g/mol. The zero-order valence-corrected chi connectivity index (χ0v) is 11.3. The summed E-state index contributed by atoms with van der Waals surface area (Å²) in [4.78, 5) is 16.3. The van der Waals surface area contributed by atoms with Gasteiger partial charge < -0.3 is 9.73 Å². The molecule has 4 heteroatoms. The number of fused-ring (bicyclic) bond motifs is 1. The molecule has 0 unspecified atom stereocenters. The topological polar surface area (TPSA) is 55.1 Å². The van der Waals surface area contributed by atoms with Crippen LogP contribution < -0.4 is 5.32 Å². The van der Waals surface area contributed by atoms with E-state index in [0.29, 0.717) is 11.4 Å². The largest absolute Gasteiger partial charge is 0.451 e. The minimum absolute atomic E-state index is 0.288. The number of nitrogens with zero attached hydrogens (tertiary/aromatic N) is 1. The number of anilines is 1. The Labute approximate surface area is 116 Å². The van der Waals surface area contributed by atoms with Gasteiger partial charge >= 0.3 is 0 Å². The van der Waals surface area contributed by atoms with Crippen molar-refractivity contribution in [3.05, 3.63) is 59.5 Å². The number of carbonyl (C=O) groups excluding carboxylic acids is 1. The van der Waals surface area contributed by atoms with Crippen LogP contribution in [0, 0.1) is 13.8 Å². The van der Waals surface area contributed by atoms with Crippen molar-refractivity contribution in [1.29, 1.82) is 0 Å². The molecule has 0 spiro atoms. The maximum atomic E-state index is 12.2. The van der Waals surface area contributed by atoms with Crippen molar-refractivity contribution in [3.8, 4) is 0 Å². The lowest BCUT2D eigenvalue weighted by atomic mass is 10.2. The minimum Gasteiger partial charge on any atom is -0.451 e. The van der Waals surface area contributed by atoms with E-state index in [0.717, 1.165) is 16.5 Å². The third-order valence-electron chi connectivity index (χ3n) is 3.14. The predicted octanol–water partition coefficient (Wildman–Crippen LogP) is 3.70. The molecule has 0 aliphatic carbocycles. The van der Waals surface area contributed by atoms with Crippen LogP contribution in [0.25, 0.3) is 11.0 Å². The van der Waals surface area contributed by atoms with Gasteiger partial charge in [-0.2, -0.15) is 0 Å². The summed E-state index contributed by atoms with van der Waals surface area (Å²) < 4.78 is 5.58. The van der Waals surface area contributed by atoms with Gasteiger partial charge in [0.05, 0.1) is 0 Å². The Morgan fingerprint density at radius 1 is 1.20 bits per heavy atom. The molecule has 1 amide bonds. The molecular weight excluding hydrogens is 252 g/mol. The SMILES string of the molecule is Cc1ccc2cc(C(=O)Nc3ncccc3C)oc2c1. The van der Waals surface area contributed by atoms with Crippen molar-refractivity contribution in [1.82, 2.24) is 4.98 Å². The summed E-state index contributed by atoms with van der Waals surface area (Å²) in [6.45, 7) is 3.88. The van der Waals surface area contributed by atoms with E-state index >= 15 is 0 Å². The normalized spacial score (nSPS) is 10.7. The van der Waals surface area contributed by atoms with Gasteiger partial charge in [0.2, 0.25) is 0 Å². The van der Waals surface area contributed by atoms with Gasteiger partial charge in [-0.1, -0.05) is 18.2 Å². The van der Waals surface area contributed by atoms with Crippen LogP contribution in [0.2, 0.25) is 0 Å². The Balaban J connectivity index is 1.91. The van der Waals surface area contributed by atoms with Crippen molar-refractivity contribution in [3.63, 3.8) is 0 Å². The first-order valence-corrected chi connectivity index (χ1v) is 6.36. The van der Waals surface area contributed by atoms with E-state index in [1.165, 1.54) is 0 Å².